The van der Waals surface area contributed by atoms with Crippen LogP contribution in [0.2, 0.25) is 10.0 Å². The van der Waals surface area contributed by atoms with Gasteiger partial charge in [-0.25, -0.2) is 4.99 Å². The Morgan fingerprint density at radius 2 is 2.06 bits per heavy atom. The molecule has 0 aliphatic heterocycles. The zero-order chi connectivity index (χ0) is 12.1. The fourth-order valence-electron chi connectivity index (χ4n) is 0.882. The summed E-state index contributed by atoms with van der Waals surface area (Å²) in [4.78, 5) is 4.67. The third kappa shape index (κ3) is 3.96. The van der Waals surface area contributed by atoms with Crippen LogP contribution >= 0.6 is 35.0 Å². The van der Waals surface area contributed by atoms with Crippen LogP contribution in [0.3, 0.4) is 0 Å². The van der Waals surface area contributed by atoms with E-state index in [0.29, 0.717) is 20.9 Å². The summed E-state index contributed by atoms with van der Waals surface area (Å²) in [5.41, 5.74) is 11.1. The van der Waals surface area contributed by atoms with E-state index in [1.54, 1.807) is 19.1 Å². The molecule has 0 heterocycles. The number of hydrogen-bond acceptors (Lipinski definition) is 3. The van der Waals surface area contributed by atoms with Gasteiger partial charge in [-0.05, 0) is 19.1 Å². The van der Waals surface area contributed by atoms with Crippen LogP contribution in [-0.4, -0.2) is 5.84 Å². The highest BCUT2D eigenvalue weighted by Gasteiger charge is 2.05. The largest absolute Gasteiger partial charge is 0.392 e. The van der Waals surface area contributed by atoms with Crippen molar-refractivity contribution in [3.8, 4) is 0 Å². The van der Waals surface area contributed by atoms with E-state index < -0.39 is 0 Å². The highest BCUT2D eigenvalue weighted by molar-refractivity contribution is 8.03. The van der Waals surface area contributed by atoms with Gasteiger partial charge in [0, 0.05) is 4.90 Å². The molecule has 0 aliphatic rings. The summed E-state index contributed by atoms with van der Waals surface area (Å²) in [7, 11) is 0. The maximum atomic E-state index is 6.00. The predicted octanol–water partition coefficient (Wildman–Crippen LogP) is 3.22. The van der Waals surface area contributed by atoms with E-state index in [2.05, 4.69) is 4.99 Å². The van der Waals surface area contributed by atoms with Crippen molar-refractivity contribution in [3.63, 3.8) is 0 Å². The smallest absolute Gasteiger partial charge is 0.0958 e. The molecule has 0 saturated carbocycles. The number of halogens is 2. The van der Waals surface area contributed by atoms with Gasteiger partial charge in [0.15, 0.2) is 0 Å². The quantitative estimate of drug-likeness (QED) is 0.506. The van der Waals surface area contributed by atoms with Crippen molar-refractivity contribution in [2.45, 2.75) is 11.8 Å². The minimum atomic E-state index is 0.445. The van der Waals surface area contributed by atoms with Crippen molar-refractivity contribution in [2.24, 2.45) is 16.5 Å². The molecule has 0 atom stereocenters. The fraction of sp³-hybridized carbons (Fsp3) is 0.100. The summed E-state index contributed by atoms with van der Waals surface area (Å²) < 4.78 is 0. The minimum absolute atomic E-state index is 0.445. The maximum Gasteiger partial charge on any atom is 0.0958 e. The lowest BCUT2D eigenvalue weighted by atomic mass is 10.4. The van der Waals surface area contributed by atoms with Gasteiger partial charge in [-0.15, -0.1) is 0 Å². The first-order valence-corrected chi connectivity index (χ1v) is 5.95. The molecular weight excluding hydrogens is 265 g/mol. The summed E-state index contributed by atoms with van der Waals surface area (Å²) >= 11 is 13.2. The van der Waals surface area contributed by atoms with Gasteiger partial charge in [0.25, 0.3) is 0 Å². The SMILES string of the molecule is CC(N)=N/C=C(\N)Sc1cccc(Cl)c1Cl. The van der Waals surface area contributed by atoms with E-state index in [1.807, 2.05) is 6.07 Å². The number of nitrogens with zero attached hydrogens (tertiary/aromatic N) is 1. The van der Waals surface area contributed by atoms with Crippen LogP contribution in [-0.2, 0) is 0 Å². The molecule has 0 amide bonds. The van der Waals surface area contributed by atoms with Gasteiger partial charge in [0.1, 0.15) is 0 Å². The van der Waals surface area contributed by atoms with Crippen molar-refractivity contribution in [1.82, 2.24) is 0 Å². The molecule has 0 aromatic heterocycles. The lowest BCUT2D eigenvalue weighted by Gasteiger charge is -2.04. The molecule has 0 saturated heterocycles. The van der Waals surface area contributed by atoms with Crippen LogP contribution in [0.15, 0.2) is 39.3 Å². The number of rotatable bonds is 3. The zero-order valence-corrected chi connectivity index (χ0v) is 10.9. The van der Waals surface area contributed by atoms with E-state index in [9.17, 15) is 0 Å². The number of benzene rings is 1. The fourth-order valence-corrected chi connectivity index (χ4v) is 2.06. The summed E-state index contributed by atoms with van der Waals surface area (Å²) in [5, 5.41) is 1.48. The molecule has 0 spiro atoms. The van der Waals surface area contributed by atoms with Crippen LogP contribution in [0.25, 0.3) is 0 Å². The molecule has 0 bridgehead atoms. The minimum Gasteiger partial charge on any atom is -0.392 e. The molecule has 0 unspecified atom stereocenters. The molecule has 3 nitrogen and oxygen atoms in total. The Morgan fingerprint density at radius 1 is 1.38 bits per heavy atom. The first-order chi connectivity index (χ1) is 7.50. The second kappa shape index (κ2) is 6.03. The molecule has 1 aromatic rings. The van der Waals surface area contributed by atoms with Crippen LogP contribution in [0.1, 0.15) is 6.92 Å². The van der Waals surface area contributed by atoms with E-state index in [0.717, 1.165) is 4.90 Å². The third-order valence-corrected chi connectivity index (χ3v) is 3.37. The molecular formula is C10H11Cl2N3S. The average molecular weight is 276 g/mol. The lowest BCUT2D eigenvalue weighted by molar-refractivity contribution is 1.39. The summed E-state index contributed by atoms with van der Waals surface area (Å²) in [6.45, 7) is 1.68. The average Bonchev–Trinajstić information content (AvgIpc) is 2.22. The molecule has 1 aromatic carbocycles. The first-order valence-electron chi connectivity index (χ1n) is 4.38. The van der Waals surface area contributed by atoms with E-state index in [1.165, 1.54) is 18.0 Å². The van der Waals surface area contributed by atoms with Crippen LogP contribution < -0.4 is 11.5 Å². The van der Waals surface area contributed by atoms with Crippen LogP contribution in [0.4, 0.5) is 0 Å². The molecule has 0 fully saturated rings. The Morgan fingerprint density at radius 3 is 2.69 bits per heavy atom. The molecule has 16 heavy (non-hydrogen) atoms. The van der Waals surface area contributed by atoms with Gasteiger partial charge < -0.3 is 11.5 Å². The van der Waals surface area contributed by atoms with Crippen molar-refractivity contribution in [1.29, 1.82) is 0 Å². The Bertz CT molecular complexity index is 440. The molecule has 0 aliphatic carbocycles. The number of thioether (sulfide) groups is 1. The number of amidine groups is 1. The zero-order valence-electron chi connectivity index (χ0n) is 8.58. The molecule has 86 valence electrons. The maximum absolute atomic E-state index is 6.00. The second-order valence-corrected chi connectivity index (χ2v) is 4.86. The Hall–Kier alpha value is -0.840. The van der Waals surface area contributed by atoms with Crippen molar-refractivity contribution < 1.29 is 0 Å². The van der Waals surface area contributed by atoms with Gasteiger partial charge in [0.2, 0.25) is 0 Å². The van der Waals surface area contributed by atoms with Crippen molar-refractivity contribution in [3.05, 3.63) is 39.5 Å². The van der Waals surface area contributed by atoms with Crippen LogP contribution in [0, 0.1) is 0 Å². The molecule has 4 N–H and O–H groups in total. The standard InChI is InChI=1S/C10H11Cl2N3S/c1-6(13)15-5-9(14)16-8-4-2-3-7(11)10(8)12/h2-5H,14H2,1H3,(H2,13,15)/b9-5+. The van der Waals surface area contributed by atoms with Gasteiger partial charge in [-0.1, -0.05) is 41.0 Å². The van der Waals surface area contributed by atoms with E-state index in [-0.39, 0.29) is 0 Å². The Balaban J connectivity index is 2.85. The first kappa shape index (κ1) is 13.2. The Kier molecular flexibility index (Phi) is 4.99. The molecule has 0 radical (unpaired) electrons. The second-order valence-electron chi connectivity index (χ2n) is 2.96. The Labute approximate surface area is 109 Å². The number of aliphatic imine (C=N–C) groups is 1. The normalized spacial score (nSPS) is 12.9. The lowest BCUT2D eigenvalue weighted by Crippen LogP contribution is -2.04. The summed E-state index contributed by atoms with van der Waals surface area (Å²) in [5.74, 6) is 0.445. The van der Waals surface area contributed by atoms with Gasteiger partial charge in [-0.2, -0.15) is 0 Å². The van der Waals surface area contributed by atoms with Crippen molar-refractivity contribution in [2.75, 3.05) is 0 Å². The predicted molar refractivity (Wildman–Crippen MR) is 71.9 cm³/mol. The highest BCUT2D eigenvalue weighted by atomic mass is 35.5. The van der Waals surface area contributed by atoms with Crippen molar-refractivity contribution >= 4 is 40.8 Å². The topological polar surface area (TPSA) is 64.4 Å². The van der Waals surface area contributed by atoms with Gasteiger partial charge in [0.05, 0.1) is 27.1 Å². The summed E-state index contributed by atoms with van der Waals surface area (Å²) in [6, 6.07) is 5.36. The van der Waals surface area contributed by atoms with Gasteiger partial charge in [-0.3, -0.25) is 0 Å². The molecule has 1 rings (SSSR count). The number of nitrogens with two attached hydrogens (primary N) is 2. The van der Waals surface area contributed by atoms with Gasteiger partial charge >= 0.3 is 0 Å². The van der Waals surface area contributed by atoms with E-state index >= 15 is 0 Å². The molecule has 6 heteroatoms. The summed E-state index contributed by atoms with van der Waals surface area (Å²) in [6.07, 6.45) is 1.48. The monoisotopic (exact) mass is 275 g/mol. The highest BCUT2D eigenvalue weighted by Crippen LogP contribution is 2.34. The van der Waals surface area contributed by atoms with Crippen LogP contribution in [0.5, 0.6) is 0 Å². The van der Waals surface area contributed by atoms with E-state index in [4.69, 9.17) is 34.7 Å². The number of hydrogen-bond donors (Lipinski definition) is 2. The third-order valence-electron chi connectivity index (χ3n) is 1.54.